The third-order valence-electron chi connectivity index (χ3n) is 5.88. The van der Waals surface area contributed by atoms with Gasteiger partial charge in [0.25, 0.3) is 5.78 Å². The maximum atomic E-state index is 12.9. The van der Waals surface area contributed by atoms with E-state index < -0.39 is 10.0 Å². The molecule has 9 nitrogen and oxygen atoms in total. The van der Waals surface area contributed by atoms with E-state index in [0.29, 0.717) is 36.1 Å². The van der Waals surface area contributed by atoms with Crippen LogP contribution in [0.15, 0.2) is 34.3 Å². The second kappa shape index (κ2) is 9.78. The summed E-state index contributed by atoms with van der Waals surface area (Å²) in [4.78, 5) is 21.8. The number of amides is 1. The van der Waals surface area contributed by atoms with Crippen molar-refractivity contribution in [1.82, 2.24) is 23.9 Å². The van der Waals surface area contributed by atoms with Gasteiger partial charge in [0.15, 0.2) is 0 Å². The van der Waals surface area contributed by atoms with Crippen molar-refractivity contribution in [2.24, 2.45) is 0 Å². The number of carbonyl (C=O) groups excluding carboxylic acids is 1. The molecule has 33 heavy (non-hydrogen) atoms. The molecule has 1 aliphatic rings. The number of anilines is 1. The van der Waals surface area contributed by atoms with Crippen LogP contribution in [0.1, 0.15) is 42.6 Å². The summed E-state index contributed by atoms with van der Waals surface area (Å²) in [6.45, 7) is 4.94. The number of carbonyl (C=O) groups is 1. The number of hydrogen-bond donors (Lipinski definition) is 1. The van der Waals surface area contributed by atoms with Crippen molar-refractivity contribution in [3.63, 3.8) is 0 Å². The Morgan fingerprint density at radius 3 is 2.64 bits per heavy atom. The van der Waals surface area contributed by atoms with E-state index in [0.717, 1.165) is 36.2 Å². The monoisotopic (exact) mass is 488 g/mol. The van der Waals surface area contributed by atoms with Gasteiger partial charge in [-0.05, 0) is 63.1 Å². The summed E-state index contributed by atoms with van der Waals surface area (Å²) in [5.74, 6) is 0.360. The highest BCUT2D eigenvalue weighted by Crippen LogP contribution is 2.23. The zero-order valence-electron chi connectivity index (χ0n) is 19.0. The van der Waals surface area contributed by atoms with Crippen molar-refractivity contribution >= 4 is 39.2 Å². The fraction of sp³-hybridized carbons (Fsp3) is 0.455. The number of aromatic nitrogens is 4. The Labute approximate surface area is 198 Å². The van der Waals surface area contributed by atoms with Crippen LogP contribution in [0, 0.1) is 13.8 Å². The lowest BCUT2D eigenvalue weighted by Gasteiger charge is -2.26. The van der Waals surface area contributed by atoms with E-state index in [4.69, 9.17) is 0 Å². The number of sulfonamides is 1. The molecule has 0 radical (unpaired) electrons. The van der Waals surface area contributed by atoms with Gasteiger partial charge in [-0.15, -0.1) is 5.10 Å². The third kappa shape index (κ3) is 5.04. The highest BCUT2D eigenvalue weighted by Gasteiger charge is 2.26. The number of thioether (sulfide) groups is 1. The van der Waals surface area contributed by atoms with Crippen LogP contribution in [-0.4, -0.2) is 57.6 Å². The van der Waals surface area contributed by atoms with Crippen molar-refractivity contribution in [2.45, 2.75) is 56.0 Å². The largest absolute Gasteiger partial charge is 0.326 e. The molecular weight excluding hydrogens is 460 g/mol. The predicted octanol–water partition coefficient (Wildman–Crippen LogP) is 3.21. The first-order valence-electron chi connectivity index (χ1n) is 11.0. The first-order chi connectivity index (χ1) is 15.8. The Kier molecular flexibility index (Phi) is 7.01. The number of benzene rings is 1. The summed E-state index contributed by atoms with van der Waals surface area (Å²) < 4.78 is 29.1. The van der Waals surface area contributed by atoms with Crippen LogP contribution in [0.2, 0.25) is 0 Å². The smallest absolute Gasteiger partial charge is 0.253 e. The molecule has 3 aromatic rings. The first-order valence-corrected chi connectivity index (χ1v) is 13.6. The number of rotatable bonds is 7. The van der Waals surface area contributed by atoms with Crippen LogP contribution in [0.3, 0.4) is 0 Å². The van der Waals surface area contributed by atoms with Gasteiger partial charge in [-0.1, -0.05) is 24.2 Å². The Hall–Kier alpha value is -2.50. The molecule has 0 bridgehead atoms. The minimum Gasteiger partial charge on any atom is -0.326 e. The summed E-state index contributed by atoms with van der Waals surface area (Å²) in [5.41, 5.74) is 3.16. The van der Waals surface area contributed by atoms with Gasteiger partial charge < -0.3 is 5.32 Å². The quantitative estimate of drug-likeness (QED) is 0.509. The molecule has 0 spiro atoms. The minimum atomic E-state index is -3.55. The standard InChI is InChI=1S/C22H28N6O3S2/c1-15-19(16(2)28-21(23-15)25-22(26-28)32-3)10-11-20(29)24-17-8-7-9-18(14-17)33(30,31)27-12-5-4-6-13-27/h7-9,14H,4-6,10-13H2,1-3H3,(H,24,29). The predicted molar refractivity (Wildman–Crippen MR) is 128 cm³/mol. The lowest BCUT2D eigenvalue weighted by Crippen LogP contribution is -2.35. The van der Waals surface area contributed by atoms with Crippen LogP contribution < -0.4 is 5.32 Å². The molecule has 3 heterocycles. The molecule has 1 aromatic carbocycles. The molecule has 4 rings (SSSR count). The van der Waals surface area contributed by atoms with Gasteiger partial charge in [-0.2, -0.15) is 9.29 Å². The van der Waals surface area contributed by atoms with Gasteiger partial charge >= 0.3 is 0 Å². The van der Waals surface area contributed by atoms with Crippen LogP contribution >= 0.6 is 11.8 Å². The molecular formula is C22H28N6O3S2. The molecule has 1 aliphatic heterocycles. The molecule has 11 heteroatoms. The molecule has 0 aliphatic carbocycles. The van der Waals surface area contributed by atoms with Crippen molar-refractivity contribution in [2.75, 3.05) is 24.7 Å². The van der Waals surface area contributed by atoms with Crippen LogP contribution in [0.5, 0.6) is 0 Å². The second-order valence-electron chi connectivity index (χ2n) is 8.11. The van der Waals surface area contributed by atoms with Gasteiger partial charge in [-0.3, -0.25) is 4.79 Å². The second-order valence-corrected chi connectivity index (χ2v) is 10.8. The highest BCUT2D eigenvalue weighted by molar-refractivity contribution is 7.98. The lowest BCUT2D eigenvalue weighted by molar-refractivity contribution is -0.116. The van der Waals surface area contributed by atoms with Crippen LogP contribution in [-0.2, 0) is 21.2 Å². The van der Waals surface area contributed by atoms with Crippen LogP contribution in [0.4, 0.5) is 5.69 Å². The van der Waals surface area contributed by atoms with E-state index in [9.17, 15) is 13.2 Å². The van der Waals surface area contributed by atoms with E-state index >= 15 is 0 Å². The van der Waals surface area contributed by atoms with Crippen molar-refractivity contribution in [3.05, 3.63) is 41.2 Å². The Bertz CT molecular complexity index is 1280. The number of hydrogen-bond acceptors (Lipinski definition) is 7. The van der Waals surface area contributed by atoms with E-state index in [2.05, 4.69) is 20.4 Å². The normalized spacial score (nSPS) is 15.1. The summed E-state index contributed by atoms with van der Waals surface area (Å²) >= 11 is 1.45. The van der Waals surface area contributed by atoms with E-state index in [1.165, 1.54) is 22.1 Å². The number of nitrogens with zero attached hydrogens (tertiary/aromatic N) is 5. The van der Waals surface area contributed by atoms with E-state index in [-0.39, 0.29) is 17.2 Å². The SMILES string of the molecule is CSc1nc2nc(C)c(CCC(=O)Nc3cccc(S(=O)(=O)N4CCCCC4)c3)c(C)n2n1. The third-order valence-corrected chi connectivity index (χ3v) is 8.32. The molecule has 0 unspecified atom stereocenters. The Morgan fingerprint density at radius 2 is 1.91 bits per heavy atom. The topological polar surface area (TPSA) is 110 Å². The molecule has 1 N–H and O–H groups in total. The van der Waals surface area contributed by atoms with Gasteiger partial charge in [0.2, 0.25) is 21.1 Å². The molecule has 0 saturated carbocycles. The molecule has 1 fully saturated rings. The van der Waals surface area contributed by atoms with Gasteiger partial charge in [0.05, 0.1) is 4.90 Å². The maximum Gasteiger partial charge on any atom is 0.253 e. The fourth-order valence-electron chi connectivity index (χ4n) is 4.09. The average Bonchev–Trinajstić information content (AvgIpc) is 3.23. The minimum absolute atomic E-state index is 0.190. The van der Waals surface area contributed by atoms with Crippen LogP contribution in [0.25, 0.3) is 5.78 Å². The van der Waals surface area contributed by atoms with Gasteiger partial charge in [-0.25, -0.2) is 17.9 Å². The summed E-state index contributed by atoms with van der Waals surface area (Å²) in [6, 6.07) is 6.47. The maximum absolute atomic E-state index is 12.9. The number of aryl methyl sites for hydroxylation is 2. The Morgan fingerprint density at radius 1 is 1.15 bits per heavy atom. The summed E-state index contributed by atoms with van der Waals surface area (Å²) in [7, 11) is -3.55. The van der Waals surface area contributed by atoms with Crippen molar-refractivity contribution in [3.8, 4) is 0 Å². The van der Waals surface area contributed by atoms with Crippen molar-refractivity contribution in [1.29, 1.82) is 0 Å². The average molecular weight is 489 g/mol. The summed E-state index contributed by atoms with van der Waals surface area (Å²) in [5, 5.41) is 7.93. The first kappa shape index (κ1) is 23.7. The fourth-order valence-corrected chi connectivity index (χ4v) is 5.99. The zero-order chi connectivity index (χ0) is 23.6. The number of fused-ring (bicyclic) bond motifs is 1. The van der Waals surface area contributed by atoms with Gasteiger partial charge in [0.1, 0.15) is 0 Å². The number of piperidine rings is 1. The molecule has 1 saturated heterocycles. The van der Waals surface area contributed by atoms with E-state index in [1.807, 2.05) is 20.1 Å². The molecule has 0 atom stereocenters. The van der Waals surface area contributed by atoms with Gasteiger partial charge in [0, 0.05) is 36.6 Å². The molecule has 1 amide bonds. The lowest BCUT2D eigenvalue weighted by atomic mass is 10.1. The highest BCUT2D eigenvalue weighted by atomic mass is 32.2. The van der Waals surface area contributed by atoms with E-state index in [1.54, 1.807) is 22.7 Å². The zero-order valence-corrected chi connectivity index (χ0v) is 20.7. The Balaban J connectivity index is 1.45. The summed E-state index contributed by atoms with van der Waals surface area (Å²) in [6.07, 6.45) is 5.45. The molecule has 176 valence electrons. The molecule has 2 aromatic heterocycles. The number of nitrogens with one attached hydrogen (secondary N) is 1. The van der Waals surface area contributed by atoms with Crippen molar-refractivity contribution < 1.29 is 13.2 Å².